The van der Waals surface area contributed by atoms with Crippen LogP contribution in [0.3, 0.4) is 0 Å². The van der Waals surface area contributed by atoms with Gasteiger partial charge in [0.1, 0.15) is 12.3 Å². The third kappa shape index (κ3) is 9.56. The van der Waals surface area contributed by atoms with Crippen LogP contribution in [0.25, 0.3) is 0 Å². The SMILES string of the molecule is Cc1cn([C@H]2C[C@H](O)[C@@H](COP(=O)(O)OP(=O)([O-])[O-])O2)c(=O)nc1[O-].[Na+].[Na+].[Na+]. The van der Waals surface area contributed by atoms with Crippen molar-refractivity contribution in [2.75, 3.05) is 6.61 Å². The van der Waals surface area contributed by atoms with E-state index in [0.717, 1.165) is 4.57 Å². The first kappa shape index (κ1) is 32.0. The molecule has 1 aliphatic heterocycles. The van der Waals surface area contributed by atoms with E-state index in [1.165, 1.54) is 13.1 Å². The maximum Gasteiger partial charge on any atom is 1.00 e. The monoisotopic (exact) mass is 468 g/mol. The van der Waals surface area contributed by atoms with Gasteiger partial charge in [0.15, 0.2) is 0 Å². The van der Waals surface area contributed by atoms with Crippen molar-refractivity contribution in [2.45, 2.75) is 31.8 Å². The number of aryl methyl sites for hydroxylation is 1. The molecule has 0 radical (unpaired) electrons. The molecule has 2 rings (SSSR count). The smallest absolute Gasteiger partial charge is 0.858 e. The van der Waals surface area contributed by atoms with Crippen molar-refractivity contribution in [3.05, 3.63) is 22.2 Å². The zero-order chi connectivity index (χ0) is 19.0. The molecule has 0 aliphatic carbocycles. The Balaban J connectivity index is 0. The summed E-state index contributed by atoms with van der Waals surface area (Å²) in [6.45, 7) is 0.618. The summed E-state index contributed by atoms with van der Waals surface area (Å²) in [6.07, 6.45) is -2.47. The van der Waals surface area contributed by atoms with Crippen molar-refractivity contribution < 1.29 is 136 Å². The first-order valence-corrected chi connectivity index (χ1v) is 9.64. The molecule has 0 amide bonds. The Morgan fingerprint density at radius 3 is 2.46 bits per heavy atom. The molecule has 0 aromatic carbocycles. The average molecular weight is 468 g/mol. The van der Waals surface area contributed by atoms with Gasteiger partial charge in [0.05, 0.1) is 20.5 Å². The minimum atomic E-state index is -5.77. The summed E-state index contributed by atoms with van der Waals surface area (Å²) in [7, 11) is -11.0. The van der Waals surface area contributed by atoms with Crippen LogP contribution in [0.5, 0.6) is 5.88 Å². The Bertz CT molecular complexity index is 803. The van der Waals surface area contributed by atoms with Gasteiger partial charge in [-0.2, -0.15) is 0 Å². The molecule has 1 saturated heterocycles. The Morgan fingerprint density at radius 2 is 1.93 bits per heavy atom. The van der Waals surface area contributed by atoms with E-state index in [9.17, 15) is 33.9 Å². The largest absolute Gasteiger partial charge is 1.00 e. The predicted octanol–water partition coefficient (Wildman–Crippen LogP) is -11.8. The summed E-state index contributed by atoms with van der Waals surface area (Å²) < 4.78 is 35.5. The maximum absolute atomic E-state index is 11.7. The minimum absolute atomic E-state index is 0. The van der Waals surface area contributed by atoms with Crippen LogP contribution in [0.4, 0.5) is 0 Å². The van der Waals surface area contributed by atoms with Crippen LogP contribution in [0, 0.1) is 6.92 Å². The van der Waals surface area contributed by atoms with Crippen molar-refractivity contribution in [1.29, 1.82) is 0 Å². The normalized spacial score (nSPS) is 23.7. The molecule has 4 atom stereocenters. The molecule has 1 aromatic rings. The fraction of sp³-hybridized carbons (Fsp3) is 0.600. The number of ether oxygens (including phenoxy) is 1. The second-order valence-corrected chi connectivity index (χ2v) is 7.89. The van der Waals surface area contributed by atoms with Crippen molar-refractivity contribution in [1.82, 2.24) is 9.55 Å². The number of aliphatic hydroxyl groups excluding tert-OH is 1. The Hall–Kier alpha value is 1.86. The average Bonchev–Trinajstić information content (AvgIpc) is 2.79. The van der Waals surface area contributed by atoms with E-state index >= 15 is 0 Å². The van der Waals surface area contributed by atoms with Crippen LogP contribution in [0.2, 0.25) is 0 Å². The number of phosphoric acid groups is 2. The molecular weight excluding hydrogens is 455 g/mol. The van der Waals surface area contributed by atoms with Crippen molar-refractivity contribution in [3.63, 3.8) is 0 Å². The number of hydrogen-bond acceptors (Lipinski definition) is 11. The van der Waals surface area contributed by atoms with Crippen LogP contribution < -0.4 is 109 Å². The van der Waals surface area contributed by atoms with Crippen LogP contribution >= 0.6 is 15.6 Å². The van der Waals surface area contributed by atoms with Gasteiger partial charge in [-0.25, -0.2) is 14.3 Å². The van der Waals surface area contributed by atoms with Crippen LogP contribution in [-0.4, -0.2) is 38.4 Å². The summed E-state index contributed by atoms with van der Waals surface area (Å²) in [5.41, 5.74) is -0.753. The Morgan fingerprint density at radius 1 is 1.36 bits per heavy atom. The summed E-state index contributed by atoms with van der Waals surface area (Å²) in [5, 5.41) is 21.2. The van der Waals surface area contributed by atoms with E-state index in [1.54, 1.807) is 0 Å². The minimum Gasteiger partial charge on any atom is -0.858 e. The van der Waals surface area contributed by atoms with Crippen molar-refractivity contribution in [2.24, 2.45) is 0 Å². The number of nitrogens with zero attached hydrogens (tertiary/aromatic N) is 2. The topological polar surface area (TPSA) is 206 Å². The Labute approximate surface area is 225 Å². The zero-order valence-corrected chi connectivity index (χ0v) is 23.4. The van der Waals surface area contributed by atoms with Gasteiger partial charge in [-0.15, -0.1) is 0 Å². The van der Waals surface area contributed by atoms with Gasteiger partial charge < -0.3 is 34.2 Å². The van der Waals surface area contributed by atoms with E-state index in [1.807, 2.05) is 0 Å². The first-order valence-electron chi connectivity index (χ1n) is 6.69. The van der Waals surface area contributed by atoms with E-state index < -0.39 is 52.3 Å². The van der Waals surface area contributed by atoms with Crippen molar-refractivity contribution >= 4 is 15.6 Å². The number of phosphoric ester groups is 1. The number of rotatable bonds is 6. The molecule has 1 fully saturated rings. The summed E-state index contributed by atoms with van der Waals surface area (Å²) in [6, 6.07) is 0. The molecule has 142 valence electrons. The summed E-state index contributed by atoms with van der Waals surface area (Å²) >= 11 is 0. The molecule has 28 heavy (non-hydrogen) atoms. The van der Waals surface area contributed by atoms with Gasteiger partial charge in [-0.1, -0.05) is 0 Å². The molecule has 2 N–H and O–H groups in total. The van der Waals surface area contributed by atoms with E-state index in [4.69, 9.17) is 9.63 Å². The summed E-state index contributed by atoms with van der Waals surface area (Å²) in [4.78, 5) is 44.7. The van der Waals surface area contributed by atoms with Crippen LogP contribution in [-0.2, 0) is 22.7 Å². The summed E-state index contributed by atoms with van der Waals surface area (Å²) in [5.74, 6) is -0.710. The quantitative estimate of drug-likeness (QED) is 0.295. The Kier molecular flexibility index (Phi) is 14.6. The second kappa shape index (κ2) is 12.8. The third-order valence-electron chi connectivity index (χ3n) is 3.21. The molecule has 2 heterocycles. The molecule has 0 bridgehead atoms. The van der Waals surface area contributed by atoms with Crippen LogP contribution in [0.1, 0.15) is 18.2 Å². The van der Waals surface area contributed by atoms with Gasteiger partial charge in [-0.3, -0.25) is 13.4 Å². The van der Waals surface area contributed by atoms with Gasteiger partial charge in [0.2, 0.25) is 0 Å². The van der Waals surface area contributed by atoms with Gasteiger partial charge in [0, 0.05) is 12.6 Å². The number of aromatic nitrogens is 2. The standard InChI is InChI=1S/C10H16N2O11P2.3Na/c1-5-3-12(10(15)11-9(5)14)8-2-6(13)7(22-8)4-21-25(19,20)23-24(16,17)18;;;/h3,6-8,13H,2,4H2,1H3,(H,19,20)(H,11,14,15)(H2,16,17,18);;;/q;3*+1/p-3/t6-,7+,8+;;;/m0.../s1. The number of aliphatic hydroxyl groups is 1. The molecular formula is C10H13N2Na3O11P2. The predicted molar refractivity (Wildman–Crippen MR) is 71.7 cm³/mol. The molecule has 1 aromatic heterocycles. The van der Waals surface area contributed by atoms with E-state index in [0.29, 0.717) is 0 Å². The van der Waals surface area contributed by atoms with Gasteiger partial charge >= 0.3 is 102 Å². The van der Waals surface area contributed by atoms with E-state index in [-0.39, 0.29) is 101 Å². The maximum atomic E-state index is 11.7. The number of hydrogen-bond donors (Lipinski definition) is 2. The van der Waals surface area contributed by atoms with Gasteiger partial charge in [-0.05, 0) is 18.4 Å². The zero-order valence-electron chi connectivity index (χ0n) is 15.6. The van der Waals surface area contributed by atoms with E-state index in [2.05, 4.69) is 13.8 Å². The fourth-order valence-electron chi connectivity index (χ4n) is 2.11. The van der Waals surface area contributed by atoms with Crippen LogP contribution in [0.15, 0.2) is 11.0 Å². The molecule has 0 spiro atoms. The molecule has 0 saturated carbocycles. The molecule has 1 aliphatic rings. The molecule has 18 heteroatoms. The van der Waals surface area contributed by atoms with Gasteiger partial charge in [0.25, 0.3) is 0 Å². The van der Waals surface area contributed by atoms with Crippen molar-refractivity contribution in [3.8, 4) is 5.88 Å². The third-order valence-corrected chi connectivity index (χ3v) is 5.31. The first-order chi connectivity index (χ1) is 11.4. The fourth-order valence-corrected chi connectivity index (χ4v) is 3.65. The molecule has 13 nitrogen and oxygen atoms in total. The molecule has 1 unspecified atom stereocenters. The second-order valence-electron chi connectivity index (χ2n) is 5.14.